The molecule has 3 aliphatic heterocycles. The normalized spacial score (nSPS) is 25.5. The third-order valence-electron chi connectivity index (χ3n) is 9.87. The van der Waals surface area contributed by atoms with Gasteiger partial charge < -0.3 is 19.8 Å². The van der Waals surface area contributed by atoms with Crippen LogP contribution in [-0.2, 0) is 14.4 Å². The molecule has 3 saturated heterocycles. The number of thioether (sulfide) groups is 1. The summed E-state index contributed by atoms with van der Waals surface area (Å²) >= 11 is 1.65. The average molecular weight is 638 g/mol. The number of carbonyl (C=O) groups excluding carboxylic acids is 3. The van der Waals surface area contributed by atoms with E-state index in [-0.39, 0.29) is 42.0 Å². The molecule has 1 spiro atoms. The van der Waals surface area contributed by atoms with Crippen molar-refractivity contribution < 1.29 is 19.5 Å². The van der Waals surface area contributed by atoms with E-state index in [9.17, 15) is 14.7 Å². The summed E-state index contributed by atoms with van der Waals surface area (Å²) in [5, 5.41) is 12.7. The van der Waals surface area contributed by atoms with Crippen molar-refractivity contribution in [2.45, 2.75) is 55.2 Å². The van der Waals surface area contributed by atoms with Crippen molar-refractivity contribution in [1.82, 2.24) is 4.90 Å². The Morgan fingerprint density at radius 3 is 2.26 bits per heavy atom. The van der Waals surface area contributed by atoms with Gasteiger partial charge in [0.05, 0.1) is 29.2 Å². The number of hydrogen-bond acceptors (Lipinski definition) is 5. The van der Waals surface area contributed by atoms with Crippen LogP contribution in [0.4, 0.5) is 11.4 Å². The highest BCUT2D eigenvalue weighted by atomic mass is 32.2. The molecule has 0 saturated carbocycles. The molecule has 7 nitrogen and oxygen atoms in total. The number of likely N-dealkylation sites (tertiary alicyclic amines) is 1. The molecule has 2 unspecified atom stereocenters. The summed E-state index contributed by atoms with van der Waals surface area (Å²) in [5.41, 5.74) is 1.48. The third kappa shape index (κ3) is 5.35. The smallest absolute Gasteiger partial charge is 0.251 e. The number of aliphatic hydroxyl groups excluding tert-OH is 1. The van der Waals surface area contributed by atoms with Crippen LogP contribution in [0.3, 0.4) is 0 Å². The van der Waals surface area contributed by atoms with E-state index in [0.29, 0.717) is 19.4 Å². The van der Waals surface area contributed by atoms with Crippen molar-refractivity contribution in [2.24, 2.45) is 17.8 Å². The monoisotopic (exact) mass is 637 g/mol. The van der Waals surface area contributed by atoms with Crippen LogP contribution in [0, 0.1) is 17.8 Å². The summed E-state index contributed by atoms with van der Waals surface area (Å²) in [5.74, 6) is -1.57. The molecule has 6 rings (SSSR count). The lowest BCUT2D eigenvalue weighted by Crippen LogP contribution is -2.58. The highest BCUT2D eigenvalue weighted by Crippen LogP contribution is 2.67. The first-order valence-electron chi connectivity index (χ1n) is 16.2. The van der Waals surface area contributed by atoms with Gasteiger partial charge in [0.15, 0.2) is 0 Å². The number of para-hydroxylation sites is 1. The number of aliphatic hydroxyl groups is 1. The van der Waals surface area contributed by atoms with E-state index in [1.807, 2.05) is 72.8 Å². The van der Waals surface area contributed by atoms with Gasteiger partial charge in [0.2, 0.25) is 11.8 Å². The van der Waals surface area contributed by atoms with Gasteiger partial charge in [-0.2, -0.15) is 0 Å². The second-order valence-electron chi connectivity index (χ2n) is 13.1. The largest absolute Gasteiger partial charge is 0.394 e. The minimum Gasteiger partial charge on any atom is -0.394 e. The minimum atomic E-state index is -0.829. The molecule has 3 heterocycles. The molecule has 46 heavy (non-hydrogen) atoms. The fraction of sp³-hybridized carbons (Fsp3) is 0.395. The standard InChI is InChI=1S/C38H43N3O4S/c1-5-20-39(28-14-8-7-9-15-28)35(43)32-31-18-19-38(46-31)33(32)36(44)41(30(24-42)22-25(3)4)34(38)37(45)40(21-6-2)29-17-16-26-12-10-11-13-27(26)23-29/h5-17,23,25,30-34,42H,1-2,18-22,24H2,3-4H3/t30-,31+,32-,33+,34?,38?/m1/s1. The fourth-order valence-electron chi connectivity index (χ4n) is 8.05. The predicted molar refractivity (Wildman–Crippen MR) is 187 cm³/mol. The SMILES string of the molecule is C=CCN(C(=O)C1N([C@@H](CO)CC(C)C)C(=O)[C@@H]2[C@H](C(=O)N(CC=C)c3ccccc3)[C@@H]3CCC12S3)c1ccc2ccccc2c1. The van der Waals surface area contributed by atoms with Crippen LogP contribution in [0.15, 0.2) is 98.1 Å². The van der Waals surface area contributed by atoms with E-state index in [0.717, 1.165) is 28.6 Å². The summed E-state index contributed by atoms with van der Waals surface area (Å²) in [4.78, 5) is 49.5. The van der Waals surface area contributed by atoms with Crippen molar-refractivity contribution in [3.63, 3.8) is 0 Å². The molecule has 6 atom stereocenters. The fourth-order valence-corrected chi connectivity index (χ4v) is 10.2. The summed E-state index contributed by atoms with van der Waals surface area (Å²) in [6, 6.07) is 22.1. The van der Waals surface area contributed by atoms with Gasteiger partial charge in [-0.15, -0.1) is 24.9 Å². The van der Waals surface area contributed by atoms with Crippen molar-refractivity contribution in [2.75, 3.05) is 29.5 Å². The Hall–Kier alpha value is -3.88. The van der Waals surface area contributed by atoms with Crippen LogP contribution >= 0.6 is 11.8 Å². The number of benzene rings is 3. The van der Waals surface area contributed by atoms with E-state index < -0.39 is 28.7 Å². The van der Waals surface area contributed by atoms with Gasteiger partial charge in [0, 0.05) is 29.7 Å². The number of fused-ring (bicyclic) bond motifs is 2. The minimum absolute atomic E-state index is 0.0823. The van der Waals surface area contributed by atoms with Crippen molar-refractivity contribution in [1.29, 1.82) is 0 Å². The lowest BCUT2D eigenvalue weighted by molar-refractivity contribution is -0.142. The van der Waals surface area contributed by atoms with Gasteiger partial charge in [-0.05, 0) is 60.2 Å². The number of anilines is 2. The number of hydrogen-bond donors (Lipinski definition) is 1. The summed E-state index contributed by atoms with van der Waals surface area (Å²) in [6.45, 7) is 12.3. The predicted octanol–water partition coefficient (Wildman–Crippen LogP) is 6.08. The maximum absolute atomic E-state index is 15.1. The lowest BCUT2D eigenvalue weighted by Gasteiger charge is -2.40. The first-order chi connectivity index (χ1) is 22.2. The quantitative estimate of drug-likeness (QED) is 0.244. The summed E-state index contributed by atoms with van der Waals surface area (Å²) in [6.07, 6.45) is 5.36. The average Bonchev–Trinajstić information content (AvgIpc) is 3.72. The number of rotatable bonds is 12. The molecule has 240 valence electrons. The Labute approximate surface area is 275 Å². The Morgan fingerprint density at radius 1 is 0.957 bits per heavy atom. The van der Waals surface area contributed by atoms with Gasteiger partial charge in [-0.1, -0.05) is 74.5 Å². The Bertz CT molecular complexity index is 1640. The molecule has 0 aromatic heterocycles. The molecule has 3 aromatic carbocycles. The first-order valence-corrected chi connectivity index (χ1v) is 17.1. The molecule has 3 amide bonds. The van der Waals surface area contributed by atoms with Gasteiger partial charge in [-0.3, -0.25) is 14.4 Å². The van der Waals surface area contributed by atoms with Crippen LogP contribution in [0.5, 0.6) is 0 Å². The topological polar surface area (TPSA) is 81.2 Å². The zero-order valence-corrected chi connectivity index (χ0v) is 27.4. The van der Waals surface area contributed by atoms with Crippen LogP contribution in [0.2, 0.25) is 0 Å². The van der Waals surface area contributed by atoms with E-state index >= 15 is 4.79 Å². The van der Waals surface area contributed by atoms with Gasteiger partial charge in [0.1, 0.15) is 6.04 Å². The number of nitrogens with zero attached hydrogens (tertiary/aromatic N) is 3. The van der Waals surface area contributed by atoms with Crippen molar-refractivity contribution in [3.05, 3.63) is 98.1 Å². The molecule has 1 N–H and O–H groups in total. The number of carbonyl (C=O) groups is 3. The Kier molecular flexibility index (Phi) is 9.12. The van der Waals surface area contributed by atoms with Crippen LogP contribution in [-0.4, -0.2) is 69.5 Å². The van der Waals surface area contributed by atoms with E-state index in [2.05, 4.69) is 27.0 Å². The molecule has 0 radical (unpaired) electrons. The second kappa shape index (κ2) is 13.1. The van der Waals surface area contributed by atoms with Gasteiger partial charge in [-0.25, -0.2) is 0 Å². The Balaban J connectivity index is 1.44. The molecular formula is C38H43N3O4S. The molecule has 0 aliphatic carbocycles. The second-order valence-corrected chi connectivity index (χ2v) is 14.7. The van der Waals surface area contributed by atoms with E-state index in [4.69, 9.17) is 0 Å². The third-order valence-corrected chi connectivity index (χ3v) is 11.8. The van der Waals surface area contributed by atoms with Crippen LogP contribution in [0.1, 0.15) is 33.1 Å². The lowest BCUT2D eigenvalue weighted by atomic mass is 9.70. The molecule has 3 fully saturated rings. The summed E-state index contributed by atoms with van der Waals surface area (Å²) < 4.78 is -0.781. The molecule has 3 aliphatic rings. The van der Waals surface area contributed by atoms with Gasteiger partial charge >= 0.3 is 0 Å². The van der Waals surface area contributed by atoms with E-state index in [1.165, 1.54) is 0 Å². The first kappa shape index (κ1) is 32.1. The molecule has 8 heteroatoms. The van der Waals surface area contributed by atoms with Crippen molar-refractivity contribution in [3.8, 4) is 0 Å². The maximum atomic E-state index is 15.1. The maximum Gasteiger partial charge on any atom is 0.251 e. The number of amides is 3. The highest BCUT2D eigenvalue weighted by Gasteiger charge is 2.74. The molecule has 3 aromatic rings. The zero-order chi connectivity index (χ0) is 32.6. The summed E-state index contributed by atoms with van der Waals surface area (Å²) in [7, 11) is 0. The molecule has 2 bridgehead atoms. The van der Waals surface area contributed by atoms with Gasteiger partial charge in [0.25, 0.3) is 5.91 Å². The Morgan fingerprint density at radius 2 is 1.61 bits per heavy atom. The van der Waals surface area contributed by atoms with Crippen LogP contribution < -0.4 is 9.80 Å². The highest BCUT2D eigenvalue weighted by molar-refractivity contribution is 8.02. The van der Waals surface area contributed by atoms with Crippen LogP contribution in [0.25, 0.3) is 10.8 Å². The molecular weight excluding hydrogens is 595 g/mol. The van der Waals surface area contributed by atoms with Crippen molar-refractivity contribution >= 4 is 51.6 Å². The van der Waals surface area contributed by atoms with E-state index in [1.54, 1.807) is 38.6 Å². The zero-order valence-electron chi connectivity index (χ0n) is 26.6.